The molecule has 0 spiro atoms. The molecule has 1 aromatic carbocycles. The zero-order valence-electron chi connectivity index (χ0n) is 13.3. The van der Waals surface area contributed by atoms with Crippen molar-refractivity contribution in [3.63, 3.8) is 0 Å². The van der Waals surface area contributed by atoms with Crippen molar-refractivity contribution in [2.75, 3.05) is 20.3 Å². The summed E-state index contributed by atoms with van der Waals surface area (Å²) in [6.07, 6.45) is 0. The predicted molar refractivity (Wildman–Crippen MR) is 90.0 cm³/mol. The van der Waals surface area contributed by atoms with Gasteiger partial charge < -0.3 is 15.0 Å². The fraction of sp³-hybridized carbons (Fsp3) is 0.353. The van der Waals surface area contributed by atoms with E-state index in [0.29, 0.717) is 31.8 Å². The molecule has 124 valence electrons. The first-order valence-corrected chi connectivity index (χ1v) is 8.27. The second kappa shape index (κ2) is 8.64. The number of nitrogens with one attached hydrogen (secondary N) is 1. The number of urea groups is 1. The lowest BCUT2D eigenvalue weighted by Gasteiger charge is -2.22. The first-order chi connectivity index (χ1) is 11.1. The third kappa shape index (κ3) is 5.33. The number of amides is 2. The van der Waals surface area contributed by atoms with E-state index in [2.05, 4.69) is 5.32 Å². The van der Waals surface area contributed by atoms with Gasteiger partial charge in [0.05, 0.1) is 13.2 Å². The summed E-state index contributed by atoms with van der Waals surface area (Å²) in [6.45, 7) is 3.52. The lowest BCUT2D eigenvalue weighted by molar-refractivity contribution is 0.146. The Bertz CT molecular complexity index is 632. The van der Waals surface area contributed by atoms with Gasteiger partial charge in [-0.15, -0.1) is 11.3 Å². The molecule has 0 atom stereocenters. The average Bonchev–Trinajstić information content (AvgIpc) is 3.05. The summed E-state index contributed by atoms with van der Waals surface area (Å²) in [4.78, 5) is 15.2. The van der Waals surface area contributed by atoms with Crippen molar-refractivity contribution in [2.24, 2.45) is 0 Å². The van der Waals surface area contributed by atoms with Crippen molar-refractivity contribution >= 4 is 17.4 Å². The minimum Gasteiger partial charge on any atom is -0.383 e. The monoisotopic (exact) mass is 336 g/mol. The molecule has 0 aliphatic rings. The minimum atomic E-state index is -0.258. The van der Waals surface area contributed by atoms with Gasteiger partial charge in [0.2, 0.25) is 0 Å². The quantitative estimate of drug-likeness (QED) is 0.840. The van der Waals surface area contributed by atoms with E-state index in [1.165, 1.54) is 6.07 Å². The van der Waals surface area contributed by atoms with Crippen LogP contribution in [0.4, 0.5) is 9.18 Å². The summed E-state index contributed by atoms with van der Waals surface area (Å²) >= 11 is 1.61. The SMILES string of the molecule is COCCN(Cc1cccs1)C(=O)NCc1ccc(C)c(F)c1. The molecule has 1 N–H and O–H groups in total. The van der Waals surface area contributed by atoms with Crippen molar-refractivity contribution in [3.8, 4) is 0 Å². The normalized spacial score (nSPS) is 10.6. The van der Waals surface area contributed by atoms with Crippen molar-refractivity contribution in [3.05, 3.63) is 57.5 Å². The van der Waals surface area contributed by atoms with E-state index in [0.717, 1.165) is 10.4 Å². The number of rotatable bonds is 7. The highest BCUT2D eigenvalue weighted by Gasteiger charge is 2.14. The van der Waals surface area contributed by atoms with Crippen LogP contribution in [0.5, 0.6) is 0 Å². The molecular weight excluding hydrogens is 315 g/mol. The number of halogens is 1. The first-order valence-electron chi connectivity index (χ1n) is 7.39. The number of carbonyl (C=O) groups is 1. The van der Waals surface area contributed by atoms with E-state index in [1.807, 2.05) is 23.6 Å². The molecule has 0 bridgehead atoms. The molecule has 0 saturated heterocycles. The highest BCUT2D eigenvalue weighted by atomic mass is 32.1. The molecule has 23 heavy (non-hydrogen) atoms. The van der Waals surface area contributed by atoms with Gasteiger partial charge in [-0.3, -0.25) is 0 Å². The number of thiophene rings is 1. The van der Waals surface area contributed by atoms with Gasteiger partial charge in [-0.25, -0.2) is 9.18 Å². The molecular formula is C17H21FN2O2S. The number of ether oxygens (including phenoxy) is 1. The summed E-state index contributed by atoms with van der Waals surface area (Å²) in [5.41, 5.74) is 1.34. The topological polar surface area (TPSA) is 41.6 Å². The highest BCUT2D eigenvalue weighted by molar-refractivity contribution is 7.09. The molecule has 6 heteroatoms. The van der Waals surface area contributed by atoms with Gasteiger partial charge in [0.15, 0.2) is 0 Å². The van der Waals surface area contributed by atoms with E-state index < -0.39 is 0 Å². The number of carbonyl (C=O) groups excluding carboxylic acids is 1. The molecule has 0 saturated carbocycles. The fourth-order valence-electron chi connectivity index (χ4n) is 2.08. The van der Waals surface area contributed by atoms with Crippen LogP contribution in [0.15, 0.2) is 35.7 Å². The number of hydrogen-bond acceptors (Lipinski definition) is 3. The second-order valence-corrected chi connectivity index (χ2v) is 6.27. The molecule has 2 amide bonds. The van der Waals surface area contributed by atoms with E-state index in [1.54, 1.807) is 36.3 Å². The van der Waals surface area contributed by atoms with E-state index in [9.17, 15) is 9.18 Å². The van der Waals surface area contributed by atoms with E-state index in [4.69, 9.17) is 4.74 Å². The van der Waals surface area contributed by atoms with Crippen molar-refractivity contribution in [1.82, 2.24) is 10.2 Å². The van der Waals surface area contributed by atoms with Crippen LogP contribution in [-0.2, 0) is 17.8 Å². The maximum atomic E-state index is 13.5. The van der Waals surface area contributed by atoms with Gasteiger partial charge in [-0.05, 0) is 35.6 Å². The van der Waals surface area contributed by atoms with Crippen LogP contribution < -0.4 is 5.32 Å². The Kier molecular flexibility index (Phi) is 6.55. The molecule has 0 unspecified atom stereocenters. The second-order valence-electron chi connectivity index (χ2n) is 5.24. The van der Waals surface area contributed by atoms with Crippen molar-refractivity contribution in [2.45, 2.75) is 20.0 Å². The third-order valence-electron chi connectivity index (χ3n) is 3.46. The summed E-state index contributed by atoms with van der Waals surface area (Å²) < 4.78 is 18.6. The Hall–Kier alpha value is -1.92. The van der Waals surface area contributed by atoms with Crippen molar-refractivity contribution < 1.29 is 13.9 Å². The Morgan fingerprint density at radius 1 is 1.39 bits per heavy atom. The summed E-state index contributed by atoms with van der Waals surface area (Å²) in [7, 11) is 1.61. The molecule has 0 aliphatic carbocycles. The molecule has 0 fully saturated rings. The van der Waals surface area contributed by atoms with Gasteiger partial charge in [0, 0.05) is 25.1 Å². The van der Waals surface area contributed by atoms with Crippen molar-refractivity contribution in [1.29, 1.82) is 0 Å². The van der Waals surface area contributed by atoms with E-state index in [-0.39, 0.29) is 11.8 Å². The van der Waals surface area contributed by atoms with Crippen LogP contribution in [0.25, 0.3) is 0 Å². The lowest BCUT2D eigenvalue weighted by atomic mass is 10.1. The molecule has 1 heterocycles. The largest absolute Gasteiger partial charge is 0.383 e. The molecule has 4 nitrogen and oxygen atoms in total. The van der Waals surface area contributed by atoms with Crippen LogP contribution in [0, 0.1) is 12.7 Å². The minimum absolute atomic E-state index is 0.184. The summed E-state index contributed by atoms with van der Waals surface area (Å²) in [5, 5.41) is 4.82. The van der Waals surface area contributed by atoms with E-state index >= 15 is 0 Å². The van der Waals surface area contributed by atoms with Gasteiger partial charge in [0.25, 0.3) is 0 Å². The maximum Gasteiger partial charge on any atom is 0.318 e. The third-order valence-corrected chi connectivity index (χ3v) is 4.32. The lowest BCUT2D eigenvalue weighted by Crippen LogP contribution is -2.40. The van der Waals surface area contributed by atoms with Crippen LogP contribution in [-0.4, -0.2) is 31.2 Å². The van der Waals surface area contributed by atoms with Crippen LogP contribution in [0.1, 0.15) is 16.0 Å². The summed E-state index contributed by atoms with van der Waals surface area (Å²) in [6, 6.07) is 8.75. The Morgan fingerprint density at radius 2 is 2.22 bits per heavy atom. The molecule has 0 radical (unpaired) electrons. The molecule has 1 aromatic heterocycles. The number of methoxy groups -OCH3 is 1. The zero-order chi connectivity index (χ0) is 16.7. The first kappa shape index (κ1) is 17.4. The number of nitrogens with zero attached hydrogens (tertiary/aromatic N) is 1. The van der Waals surface area contributed by atoms with Gasteiger partial charge in [-0.1, -0.05) is 18.2 Å². The Morgan fingerprint density at radius 3 is 2.87 bits per heavy atom. The van der Waals surface area contributed by atoms with Crippen LogP contribution in [0.3, 0.4) is 0 Å². The molecule has 2 rings (SSSR count). The van der Waals surface area contributed by atoms with Gasteiger partial charge >= 0.3 is 6.03 Å². The molecule has 2 aromatic rings. The highest BCUT2D eigenvalue weighted by Crippen LogP contribution is 2.12. The maximum absolute atomic E-state index is 13.5. The fourth-order valence-corrected chi connectivity index (χ4v) is 2.80. The van der Waals surface area contributed by atoms with Crippen LogP contribution >= 0.6 is 11.3 Å². The Labute approximate surface area is 139 Å². The number of aryl methyl sites for hydroxylation is 1. The predicted octanol–water partition coefficient (Wildman–Crippen LogP) is 3.55. The molecule has 0 aliphatic heterocycles. The summed E-state index contributed by atoms with van der Waals surface area (Å²) in [5.74, 6) is -0.258. The zero-order valence-corrected chi connectivity index (χ0v) is 14.2. The standard InChI is InChI=1S/C17H21FN2O2S/c1-13-5-6-14(10-16(13)18)11-19-17(21)20(7-8-22-2)12-15-4-3-9-23-15/h3-6,9-10H,7-8,11-12H2,1-2H3,(H,19,21). The smallest absolute Gasteiger partial charge is 0.318 e. The van der Waals surface area contributed by atoms with Crippen LogP contribution in [0.2, 0.25) is 0 Å². The average molecular weight is 336 g/mol. The number of hydrogen-bond donors (Lipinski definition) is 1. The number of benzene rings is 1. The van der Waals surface area contributed by atoms with Gasteiger partial charge in [0.1, 0.15) is 5.82 Å². The van der Waals surface area contributed by atoms with Gasteiger partial charge in [-0.2, -0.15) is 0 Å². The Balaban J connectivity index is 1.94.